The number of likely N-dealkylation sites (tertiary alicyclic amines) is 1. The fourth-order valence-corrected chi connectivity index (χ4v) is 2.33. The van der Waals surface area contributed by atoms with Gasteiger partial charge in [-0.05, 0) is 40.2 Å². The Morgan fingerprint density at radius 3 is 2.62 bits per heavy atom. The summed E-state index contributed by atoms with van der Waals surface area (Å²) in [6.45, 7) is 7.37. The third kappa shape index (κ3) is 1.70. The lowest BCUT2D eigenvalue weighted by molar-refractivity contribution is -0.131. The Morgan fingerprint density at radius 2 is 2.15 bits per heavy atom. The fraction of sp³-hybridized carbons (Fsp3) is 0.900. The van der Waals surface area contributed by atoms with Crippen LogP contribution in [0.2, 0.25) is 0 Å². The zero-order chi connectivity index (χ0) is 10.1. The van der Waals surface area contributed by atoms with E-state index in [0.29, 0.717) is 6.04 Å². The lowest BCUT2D eigenvalue weighted by Gasteiger charge is -2.36. The molecule has 1 amide bonds. The van der Waals surface area contributed by atoms with Gasteiger partial charge in [-0.25, -0.2) is 0 Å². The maximum atomic E-state index is 11.7. The minimum Gasteiger partial charge on any atom is -0.358 e. The zero-order valence-corrected chi connectivity index (χ0v) is 9.05. The number of nitrogens with one attached hydrogen (secondary N) is 1. The Kier molecular flexibility index (Phi) is 2.96. The van der Waals surface area contributed by atoms with Gasteiger partial charge in [0.2, 0.25) is 5.91 Å². The maximum absolute atomic E-state index is 11.7. The van der Waals surface area contributed by atoms with Crippen LogP contribution in [0.25, 0.3) is 0 Å². The van der Waals surface area contributed by atoms with Gasteiger partial charge in [-0.15, -0.1) is 0 Å². The molecule has 1 N–H and O–H groups in total. The summed E-state index contributed by atoms with van der Waals surface area (Å²) >= 11 is 0. The molecule has 1 rings (SSSR count). The molecule has 0 saturated carbocycles. The van der Waals surface area contributed by atoms with Crippen molar-refractivity contribution in [3.05, 3.63) is 0 Å². The molecule has 1 saturated heterocycles. The molecular formula is C10H20N2O. The van der Waals surface area contributed by atoms with Crippen LogP contribution in [-0.4, -0.2) is 36.0 Å². The van der Waals surface area contributed by atoms with Crippen LogP contribution >= 0.6 is 0 Å². The summed E-state index contributed by atoms with van der Waals surface area (Å²) in [6, 6.07) is 0.449. The first-order valence-corrected chi connectivity index (χ1v) is 5.01. The lowest BCUT2D eigenvalue weighted by atomic mass is 9.97. The summed E-state index contributed by atoms with van der Waals surface area (Å²) in [4.78, 5) is 14.0. The van der Waals surface area contributed by atoms with Gasteiger partial charge in [0.1, 0.15) is 0 Å². The standard InChI is InChI=1S/C10H20N2O/c1-8(2)12-7-5-6-10(12,3)9(13)11-4/h8H,5-7H2,1-4H3,(H,11,13)/t10-/m1/s1. The van der Waals surface area contributed by atoms with E-state index in [4.69, 9.17) is 0 Å². The van der Waals surface area contributed by atoms with Gasteiger partial charge in [0.05, 0.1) is 5.54 Å². The van der Waals surface area contributed by atoms with E-state index < -0.39 is 0 Å². The van der Waals surface area contributed by atoms with E-state index in [-0.39, 0.29) is 11.4 Å². The smallest absolute Gasteiger partial charge is 0.239 e. The van der Waals surface area contributed by atoms with Crippen LogP contribution in [0.1, 0.15) is 33.6 Å². The summed E-state index contributed by atoms with van der Waals surface area (Å²) in [7, 11) is 1.71. The van der Waals surface area contributed by atoms with Crippen molar-refractivity contribution < 1.29 is 4.79 Å². The van der Waals surface area contributed by atoms with Gasteiger partial charge in [0, 0.05) is 13.1 Å². The number of hydrogen-bond donors (Lipinski definition) is 1. The van der Waals surface area contributed by atoms with E-state index in [1.54, 1.807) is 7.05 Å². The van der Waals surface area contributed by atoms with Crippen molar-refractivity contribution in [1.29, 1.82) is 0 Å². The van der Waals surface area contributed by atoms with E-state index in [0.717, 1.165) is 19.4 Å². The SMILES string of the molecule is CNC(=O)[C@@]1(C)CCCN1C(C)C. The highest BCUT2D eigenvalue weighted by atomic mass is 16.2. The van der Waals surface area contributed by atoms with E-state index in [1.807, 2.05) is 6.92 Å². The number of nitrogens with zero attached hydrogens (tertiary/aromatic N) is 1. The molecule has 0 aliphatic carbocycles. The Bertz CT molecular complexity index is 203. The van der Waals surface area contributed by atoms with Crippen LogP contribution in [0, 0.1) is 0 Å². The highest BCUT2D eigenvalue weighted by Crippen LogP contribution is 2.30. The van der Waals surface area contributed by atoms with Crippen LogP contribution in [0.15, 0.2) is 0 Å². The van der Waals surface area contributed by atoms with Gasteiger partial charge in [-0.3, -0.25) is 9.69 Å². The first-order valence-electron chi connectivity index (χ1n) is 5.01. The van der Waals surface area contributed by atoms with Crippen molar-refractivity contribution in [2.75, 3.05) is 13.6 Å². The van der Waals surface area contributed by atoms with Gasteiger partial charge < -0.3 is 5.32 Å². The van der Waals surface area contributed by atoms with Gasteiger partial charge in [0.15, 0.2) is 0 Å². The summed E-state index contributed by atoms with van der Waals surface area (Å²) in [6.07, 6.45) is 2.10. The van der Waals surface area contributed by atoms with Gasteiger partial charge in [0.25, 0.3) is 0 Å². The second-order valence-corrected chi connectivity index (χ2v) is 4.24. The van der Waals surface area contributed by atoms with Gasteiger partial charge in [-0.2, -0.15) is 0 Å². The third-order valence-corrected chi connectivity index (χ3v) is 3.04. The van der Waals surface area contributed by atoms with Gasteiger partial charge in [-0.1, -0.05) is 0 Å². The molecule has 1 aliphatic rings. The normalized spacial score (nSPS) is 29.6. The summed E-state index contributed by atoms with van der Waals surface area (Å²) in [5, 5.41) is 2.75. The zero-order valence-electron chi connectivity index (χ0n) is 9.05. The molecule has 0 aromatic carbocycles. The number of rotatable bonds is 2. The van der Waals surface area contributed by atoms with Crippen molar-refractivity contribution >= 4 is 5.91 Å². The quantitative estimate of drug-likeness (QED) is 0.694. The van der Waals surface area contributed by atoms with E-state index in [2.05, 4.69) is 24.1 Å². The largest absolute Gasteiger partial charge is 0.358 e. The molecule has 0 aromatic heterocycles. The molecule has 1 aliphatic heterocycles. The summed E-state index contributed by atoms with van der Waals surface area (Å²) in [5.41, 5.74) is -0.275. The molecule has 13 heavy (non-hydrogen) atoms. The highest BCUT2D eigenvalue weighted by molar-refractivity contribution is 5.86. The molecule has 0 aromatic rings. The monoisotopic (exact) mass is 184 g/mol. The first kappa shape index (κ1) is 10.5. The molecule has 1 heterocycles. The fourth-order valence-electron chi connectivity index (χ4n) is 2.33. The summed E-state index contributed by atoms with van der Waals surface area (Å²) in [5.74, 6) is 0.152. The van der Waals surface area contributed by atoms with Crippen LogP contribution < -0.4 is 5.32 Å². The first-order chi connectivity index (χ1) is 6.02. The molecule has 0 radical (unpaired) electrons. The second kappa shape index (κ2) is 3.66. The van der Waals surface area contributed by atoms with E-state index in [9.17, 15) is 4.79 Å². The van der Waals surface area contributed by atoms with Crippen molar-refractivity contribution in [1.82, 2.24) is 10.2 Å². The molecule has 0 unspecified atom stereocenters. The molecule has 1 atom stereocenters. The van der Waals surface area contributed by atoms with Crippen LogP contribution in [0.3, 0.4) is 0 Å². The molecule has 1 fully saturated rings. The minimum atomic E-state index is -0.275. The second-order valence-electron chi connectivity index (χ2n) is 4.24. The molecule has 0 bridgehead atoms. The molecule has 0 spiro atoms. The van der Waals surface area contributed by atoms with Crippen LogP contribution in [0.4, 0.5) is 0 Å². The average Bonchev–Trinajstić information content (AvgIpc) is 2.47. The predicted octanol–water partition coefficient (Wildman–Crippen LogP) is 0.995. The Hall–Kier alpha value is -0.570. The number of likely N-dealkylation sites (N-methyl/N-ethyl adjacent to an activating group) is 1. The predicted molar refractivity (Wildman–Crippen MR) is 53.5 cm³/mol. The Morgan fingerprint density at radius 1 is 1.54 bits per heavy atom. The maximum Gasteiger partial charge on any atom is 0.239 e. The van der Waals surface area contributed by atoms with Crippen molar-refractivity contribution in [3.8, 4) is 0 Å². The molecule has 76 valence electrons. The van der Waals surface area contributed by atoms with Crippen molar-refractivity contribution in [3.63, 3.8) is 0 Å². The van der Waals surface area contributed by atoms with Crippen molar-refractivity contribution in [2.45, 2.75) is 45.2 Å². The average molecular weight is 184 g/mol. The van der Waals surface area contributed by atoms with Crippen molar-refractivity contribution in [2.24, 2.45) is 0 Å². The minimum absolute atomic E-state index is 0.152. The van der Waals surface area contributed by atoms with E-state index in [1.165, 1.54) is 0 Å². The lowest BCUT2D eigenvalue weighted by Crippen LogP contribution is -2.54. The summed E-state index contributed by atoms with van der Waals surface area (Å²) < 4.78 is 0. The van der Waals surface area contributed by atoms with Gasteiger partial charge >= 0.3 is 0 Å². The van der Waals surface area contributed by atoms with Crippen LogP contribution in [-0.2, 0) is 4.79 Å². The van der Waals surface area contributed by atoms with Crippen LogP contribution in [0.5, 0.6) is 0 Å². The Balaban J connectivity index is 2.81. The van der Waals surface area contributed by atoms with E-state index >= 15 is 0 Å². The molecular weight excluding hydrogens is 164 g/mol. The number of carbonyl (C=O) groups excluding carboxylic acids is 1. The number of amides is 1. The molecule has 3 nitrogen and oxygen atoms in total. The topological polar surface area (TPSA) is 32.3 Å². The Labute approximate surface area is 80.5 Å². The molecule has 3 heteroatoms. The number of carbonyl (C=O) groups is 1. The highest BCUT2D eigenvalue weighted by Gasteiger charge is 2.43. The third-order valence-electron chi connectivity index (χ3n) is 3.04. The number of hydrogen-bond acceptors (Lipinski definition) is 2.